The van der Waals surface area contributed by atoms with Crippen LogP contribution in [0.4, 0.5) is 5.69 Å². The van der Waals surface area contributed by atoms with Gasteiger partial charge in [0, 0.05) is 29.7 Å². The summed E-state index contributed by atoms with van der Waals surface area (Å²) in [4.78, 5) is 12.4. The zero-order valence-electron chi connectivity index (χ0n) is 16.9. The van der Waals surface area contributed by atoms with Crippen molar-refractivity contribution in [2.24, 2.45) is 0 Å². The molecule has 5 heteroatoms. The maximum atomic E-state index is 12.4. The summed E-state index contributed by atoms with van der Waals surface area (Å²) >= 11 is 0. The number of hydrogen-bond acceptors (Lipinski definition) is 4. The monoisotopic (exact) mass is 383 g/mol. The van der Waals surface area contributed by atoms with E-state index in [-0.39, 0.29) is 11.8 Å². The predicted octanol–water partition coefficient (Wildman–Crippen LogP) is 5.14. The summed E-state index contributed by atoms with van der Waals surface area (Å²) in [6, 6.07) is 11.9. The van der Waals surface area contributed by atoms with Crippen molar-refractivity contribution in [2.75, 3.05) is 25.1 Å². The Bertz CT molecular complexity index is 818. The Kier molecular flexibility index (Phi) is 6.80. The molecule has 1 amide bonds. The topological polar surface area (TPSA) is 56.8 Å². The lowest BCUT2D eigenvalue weighted by Gasteiger charge is -2.28. The highest BCUT2D eigenvalue weighted by molar-refractivity contribution is 5.96. The van der Waals surface area contributed by atoms with Crippen LogP contribution >= 0.6 is 0 Å². The summed E-state index contributed by atoms with van der Waals surface area (Å²) in [6.07, 6.45) is 2.46. The van der Waals surface area contributed by atoms with Crippen LogP contribution in [0.5, 0.6) is 17.2 Å². The smallest absolute Gasteiger partial charge is 0.225 e. The normalized spacial score (nSPS) is 15.5. The Hall–Kier alpha value is -2.69. The first-order valence-corrected chi connectivity index (χ1v) is 10.1. The second kappa shape index (κ2) is 9.49. The van der Waals surface area contributed by atoms with Crippen molar-refractivity contribution < 1.29 is 19.0 Å². The van der Waals surface area contributed by atoms with Crippen molar-refractivity contribution in [3.8, 4) is 17.2 Å². The molecule has 2 aromatic rings. The molecule has 5 nitrogen and oxygen atoms in total. The fourth-order valence-corrected chi connectivity index (χ4v) is 3.51. The molecule has 1 aliphatic rings. The van der Waals surface area contributed by atoms with Crippen LogP contribution in [0.2, 0.25) is 0 Å². The summed E-state index contributed by atoms with van der Waals surface area (Å²) in [5.41, 5.74) is 2.83. The summed E-state index contributed by atoms with van der Waals surface area (Å²) in [5.74, 6) is 2.10. The third-order valence-electron chi connectivity index (χ3n) is 4.80. The number of fused-ring (bicyclic) bond motifs is 1. The maximum absolute atomic E-state index is 12.4. The van der Waals surface area contributed by atoms with Crippen molar-refractivity contribution >= 4 is 11.6 Å². The number of hydrogen-bond donors (Lipinski definition) is 1. The lowest BCUT2D eigenvalue weighted by atomic mass is 9.84. The molecule has 1 heterocycles. The summed E-state index contributed by atoms with van der Waals surface area (Å²) in [6.45, 7) is 7.78. The van der Waals surface area contributed by atoms with Crippen molar-refractivity contribution in [1.29, 1.82) is 0 Å². The minimum Gasteiger partial charge on any atom is -0.493 e. The fourth-order valence-electron chi connectivity index (χ4n) is 3.51. The Labute approximate surface area is 167 Å². The van der Waals surface area contributed by atoms with Gasteiger partial charge in [-0.3, -0.25) is 4.79 Å². The Morgan fingerprint density at radius 2 is 1.64 bits per heavy atom. The molecular weight excluding hydrogens is 354 g/mol. The third kappa shape index (κ3) is 4.41. The highest BCUT2D eigenvalue weighted by Gasteiger charge is 2.30. The molecule has 1 aliphatic heterocycles. The number of rotatable bonds is 9. The van der Waals surface area contributed by atoms with Gasteiger partial charge in [0.2, 0.25) is 5.91 Å². The van der Waals surface area contributed by atoms with Crippen LogP contribution in [-0.2, 0) is 4.79 Å². The molecule has 1 atom stereocenters. The van der Waals surface area contributed by atoms with Gasteiger partial charge in [-0.15, -0.1) is 0 Å². The molecule has 0 fully saturated rings. The molecule has 0 spiro atoms. The molecule has 0 saturated heterocycles. The van der Waals surface area contributed by atoms with Gasteiger partial charge in [-0.2, -0.15) is 0 Å². The van der Waals surface area contributed by atoms with Gasteiger partial charge >= 0.3 is 0 Å². The maximum Gasteiger partial charge on any atom is 0.225 e. The second-order valence-electron chi connectivity index (χ2n) is 6.80. The number of carbonyl (C=O) groups excluding carboxylic acids is 1. The molecule has 28 heavy (non-hydrogen) atoms. The zero-order chi connectivity index (χ0) is 19.9. The Balaban J connectivity index is 2.03. The molecule has 0 unspecified atom stereocenters. The summed E-state index contributed by atoms with van der Waals surface area (Å²) < 4.78 is 17.6. The summed E-state index contributed by atoms with van der Waals surface area (Å²) in [7, 11) is 0. The van der Waals surface area contributed by atoms with Gasteiger partial charge in [-0.1, -0.05) is 31.5 Å². The quantitative estimate of drug-likeness (QED) is 0.609. The van der Waals surface area contributed by atoms with Gasteiger partial charge in [-0.25, -0.2) is 0 Å². The van der Waals surface area contributed by atoms with E-state index in [4.69, 9.17) is 14.2 Å². The molecule has 0 aliphatic carbocycles. The van der Waals surface area contributed by atoms with Crippen molar-refractivity contribution in [3.05, 3.63) is 47.5 Å². The first kappa shape index (κ1) is 20.1. The van der Waals surface area contributed by atoms with Crippen LogP contribution < -0.4 is 19.5 Å². The van der Waals surface area contributed by atoms with E-state index in [9.17, 15) is 4.79 Å². The van der Waals surface area contributed by atoms with E-state index in [0.29, 0.717) is 37.7 Å². The van der Waals surface area contributed by atoms with Crippen LogP contribution in [0, 0.1) is 0 Å². The molecular formula is C23H29NO4. The molecule has 150 valence electrons. The van der Waals surface area contributed by atoms with E-state index in [2.05, 4.69) is 12.2 Å². The molecule has 2 aromatic carbocycles. The number of carbonyl (C=O) groups is 1. The Morgan fingerprint density at radius 3 is 2.36 bits per heavy atom. The van der Waals surface area contributed by atoms with Crippen LogP contribution in [0.3, 0.4) is 0 Å². The van der Waals surface area contributed by atoms with Gasteiger partial charge in [-0.05, 0) is 38.0 Å². The lowest BCUT2D eigenvalue weighted by Crippen LogP contribution is -2.24. The Morgan fingerprint density at radius 1 is 0.929 bits per heavy atom. The van der Waals surface area contributed by atoms with Crippen LogP contribution in [0.1, 0.15) is 57.1 Å². The van der Waals surface area contributed by atoms with E-state index < -0.39 is 0 Å². The molecule has 0 saturated carbocycles. The molecule has 0 bridgehead atoms. The van der Waals surface area contributed by atoms with Gasteiger partial charge in [0.05, 0.1) is 19.8 Å². The SMILES string of the molecule is CCCCOc1ccccc1[C@@H]1CC(=O)Nc2cc(OCC)c(OCC)cc21. The molecule has 1 N–H and O–H groups in total. The average Bonchev–Trinajstić information content (AvgIpc) is 2.69. The molecule has 0 aromatic heterocycles. The summed E-state index contributed by atoms with van der Waals surface area (Å²) in [5, 5.41) is 2.98. The first-order chi connectivity index (χ1) is 13.7. The third-order valence-corrected chi connectivity index (χ3v) is 4.80. The number of nitrogens with one attached hydrogen (secondary N) is 1. The van der Waals surface area contributed by atoms with E-state index in [1.165, 1.54) is 0 Å². The molecule has 0 radical (unpaired) electrons. The lowest BCUT2D eigenvalue weighted by molar-refractivity contribution is -0.116. The van der Waals surface area contributed by atoms with E-state index >= 15 is 0 Å². The van der Waals surface area contributed by atoms with E-state index in [1.807, 2.05) is 50.2 Å². The number of benzene rings is 2. The highest BCUT2D eigenvalue weighted by Crippen LogP contribution is 2.45. The minimum absolute atomic E-state index is 0.00697. The number of unbranched alkanes of at least 4 members (excludes halogenated alkanes) is 1. The largest absolute Gasteiger partial charge is 0.493 e. The standard InChI is InChI=1S/C23H29NO4/c1-4-7-12-28-20-11-9-8-10-16(20)17-14-23(25)24-19-15-22(27-6-3)21(26-5-2)13-18(17)19/h8-11,13,15,17H,4-7,12,14H2,1-3H3,(H,24,25)/t17-/m0/s1. The zero-order valence-corrected chi connectivity index (χ0v) is 16.9. The minimum atomic E-state index is -0.0866. The predicted molar refractivity (Wildman–Crippen MR) is 111 cm³/mol. The van der Waals surface area contributed by atoms with Gasteiger partial charge in [0.25, 0.3) is 0 Å². The van der Waals surface area contributed by atoms with Crippen molar-refractivity contribution in [2.45, 2.75) is 46.0 Å². The number of anilines is 1. The van der Waals surface area contributed by atoms with Crippen LogP contribution in [0.25, 0.3) is 0 Å². The number of ether oxygens (including phenoxy) is 3. The average molecular weight is 383 g/mol. The number of para-hydroxylation sites is 1. The highest BCUT2D eigenvalue weighted by atomic mass is 16.5. The van der Waals surface area contributed by atoms with Gasteiger partial charge in [0.15, 0.2) is 11.5 Å². The number of amides is 1. The van der Waals surface area contributed by atoms with Crippen LogP contribution in [0.15, 0.2) is 36.4 Å². The second-order valence-corrected chi connectivity index (χ2v) is 6.80. The van der Waals surface area contributed by atoms with E-state index in [1.54, 1.807) is 0 Å². The van der Waals surface area contributed by atoms with Gasteiger partial charge < -0.3 is 19.5 Å². The van der Waals surface area contributed by atoms with Crippen molar-refractivity contribution in [3.63, 3.8) is 0 Å². The fraction of sp³-hybridized carbons (Fsp3) is 0.435. The van der Waals surface area contributed by atoms with Gasteiger partial charge in [0.1, 0.15) is 5.75 Å². The first-order valence-electron chi connectivity index (χ1n) is 10.1. The van der Waals surface area contributed by atoms with E-state index in [0.717, 1.165) is 35.4 Å². The molecule has 3 rings (SSSR count). The van der Waals surface area contributed by atoms with Crippen LogP contribution in [-0.4, -0.2) is 25.7 Å². The van der Waals surface area contributed by atoms with Crippen molar-refractivity contribution in [1.82, 2.24) is 0 Å².